The van der Waals surface area contributed by atoms with Crippen LogP contribution in [0.5, 0.6) is 0 Å². The Morgan fingerprint density at radius 1 is 1.38 bits per heavy atom. The fraction of sp³-hybridized carbons (Fsp3) is 0.938. The number of carboxylic acids is 1. The van der Waals surface area contributed by atoms with Crippen LogP contribution in [-0.4, -0.2) is 58.3 Å². The van der Waals surface area contributed by atoms with E-state index in [2.05, 4.69) is 18.7 Å². The van der Waals surface area contributed by atoms with Crippen molar-refractivity contribution in [2.24, 2.45) is 5.41 Å². The molecule has 3 unspecified atom stereocenters. The molecule has 3 aliphatic heterocycles. The van der Waals surface area contributed by atoms with Crippen LogP contribution in [0.3, 0.4) is 0 Å². The Morgan fingerprint density at radius 2 is 2.19 bits per heavy atom. The molecular formula is C16H27NO3S. The highest BCUT2D eigenvalue weighted by molar-refractivity contribution is 7.99. The number of hydrogen-bond donors (Lipinski definition) is 1. The molecule has 0 aromatic rings. The van der Waals surface area contributed by atoms with E-state index in [4.69, 9.17) is 4.74 Å². The van der Waals surface area contributed by atoms with E-state index >= 15 is 0 Å². The van der Waals surface area contributed by atoms with Crippen LogP contribution in [0.4, 0.5) is 0 Å². The molecule has 3 atom stereocenters. The molecule has 3 rings (SSSR count). The van der Waals surface area contributed by atoms with Crippen LogP contribution in [0.25, 0.3) is 0 Å². The molecule has 3 aliphatic rings. The standard InChI is InChI=1S/C16H27NO3S/c1-15(2)5-3-7-17(13(15)14(18)19)12-4-8-20-16(10-12)6-9-21-11-16/h12-13H,3-11H2,1-2H3,(H,18,19). The fourth-order valence-electron chi connectivity index (χ4n) is 4.45. The van der Waals surface area contributed by atoms with E-state index in [-0.39, 0.29) is 17.1 Å². The number of likely N-dealkylation sites (tertiary alicyclic amines) is 1. The van der Waals surface area contributed by atoms with Crippen LogP contribution >= 0.6 is 11.8 Å². The Hall–Kier alpha value is -0.260. The van der Waals surface area contributed by atoms with E-state index in [0.717, 1.165) is 51.0 Å². The topological polar surface area (TPSA) is 49.8 Å². The molecule has 0 bridgehead atoms. The number of carbonyl (C=O) groups is 1. The Balaban J connectivity index is 1.79. The van der Waals surface area contributed by atoms with Crippen LogP contribution in [0, 0.1) is 5.41 Å². The molecule has 1 spiro atoms. The molecule has 0 saturated carbocycles. The van der Waals surface area contributed by atoms with Gasteiger partial charge in [-0.25, -0.2) is 0 Å². The maximum absolute atomic E-state index is 11.9. The predicted octanol–water partition coefficient (Wildman–Crippen LogP) is 2.62. The first-order valence-corrected chi connectivity index (χ1v) is 9.29. The summed E-state index contributed by atoms with van der Waals surface area (Å²) in [5.41, 5.74) is -0.113. The summed E-state index contributed by atoms with van der Waals surface area (Å²) in [4.78, 5) is 14.1. The van der Waals surface area contributed by atoms with E-state index in [9.17, 15) is 9.90 Å². The van der Waals surface area contributed by atoms with Crippen LogP contribution in [0.2, 0.25) is 0 Å². The van der Waals surface area contributed by atoms with Crippen molar-refractivity contribution in [3.05, 3.63) is 0 Å². The quantitative estimate of drug-likeness (QED) is 0.849. The lowest BCUT2D eigenvalue weighted by molar-refractivity contribution is -0.159. The highest BCUT2D eigenvalue weighted by Crippen LogP contribution is 2.43. The minimum Gasteiger partial charge on any atom is -0.480 e. The lowest BCUT2D eigenvalue weighted by atomic mass is 9.74. The second kappa shape index (κ2) is 5.74. The zero-order chi connectivity index (χ0) is 15.1. The van der Waals surface area contributed by atoms with Crippen molar-refractivity contribution in [1.29, 1.82) is 0 Å². The minimum absolute atomic E-state index is 0.0260. The third-order valence-corrected chi connectivity index (χ3v) is 6.77. The molecule has 120 valence electrons. The summed E-state index contributed by atoms with van der Waals surface area (Å²) < 4.78 is 6.10. The zero-order valence-corrected chi connectivity index (χ0v) is 14.0. The van der Waals surface area contributed by atoms with Gasteiger partial charge in [0.05, 0.1) is 5.60 Å². The van der Waals surface area contributed by atoms with Crippen molar-refractivity contribution in [3.8, 4) is 0 Å². The Labute approximate surface area is 131 Å². The number of aliphatic carboxylic acids is 1. The SMILES string of the molecule is CC1(C)CCCN(C2CCOC3(CCSC3)C2)C1C(=O)O. The molecule has 0 amide bonds. The van der Waals surface area contributed by atoms with Crippen molar-refractivity contribution >= 4 is 17.7 Å². The van der Waals surface area contributed by atoms with Gasteiger partial charge in [-0.3, -0.25) is 9.69 Å². The van der Waals surface area contributed by atoms with Gasteiger partial charge in [0.25, 0.3) is 0 Å². The van der Waals surface area contributed by atoms with Gasteiger partial charge in [-0.1, -0.05) is 13.8 Å². The summed E-state index contributed by atoms with van der Waals surface area (Å²) in [6.45, 7) is 5.93. The van der Waals surface area contributed by atoms with Gasteiger partial charge in [0, 0.05) is 18.4 Å². The van der Waals surface area contributed by atoms with Crippen molar-refractivity contribution < 1.29 is 14.6 Å². The predicted molar refractivity (Wildman–Crippen MR) is 84.8 cm³/mol. The van der Waals surface area contributed by atoms with Gasteiger partial charge in [0.2, 0.25) is 0 Å². The van der Waals surface area contributed by atoms with Crippen LogP contribution in [0.1, 0.15) is 46.0 Å². The van der Waals surface area contributed by atoms with Gasteiger partial charge in [-0.05, 0) is 49.8 Å². The summed E-state index contributed by atoms with van der Waals surface area (Å²) in [5.74, 6) is 1.61. The lowest BCUT2D eigenvalue weighted by Gasteiger charge is -2.50. The maximum atomic E-state index is 11.9. The van der Waals surface area contributed by atoms with Gasteiger partial charge < -0.3 is 9.84 Å². The molecular weight excluding hydrogens is 286 g/mol. The highest BCUT2D eigenvalue weighted by Gasteiger charge is 2.48. The van der Waals surface area contributed by atoms with Gasteiger partial charge >= 0.3 is 5.97 Å². The third-order valence-electron chi connectivity index (χ3n) is 5.55. The van der Waals surface area contributed by atoms with Crippen LogP contribution in [0.15, 0.2) is 0 Å². The molecule has 4 nitrogen and oxygen atoms in total. The van der Waals surface area contributed by atoms with E-state index in [0.29, 0.717) is 6.04 Å². The van der Waals surface area contributed by atoms with Crippen molar-refractivity contribution in [3.63, 3.8) is 0 Å². The van der Waals surface area contributed by atoms with E-state index in [1.54, 1.807) is 0 Å². The van der Waals surface area contributed by atoms with Gasteiger partial charge in [-0.15, -0.1) is 0 Å². The summed E-state index contributed by atoms with van der Waals surface area (Å²) in [7, 11) is 0. The van der Waals surface area contributed by atoms with Gasteiger partial charge in [0.15, 0.2) is 0 Å². The number of thioether (sulfide) groups is 1. The van der Waals surface area contributed by atoms with Crippen molar-refractivity contribution in [1.82, 2.24) is 4.90 Å². The normalized spacial score (nSPS) is 40.5. The molecule has 0 aromatic carbocycles. The second-order valence-corrected chi connectivity index (χ2v) is 8.66. The van der Waals surface area contributed by atoms with Gasteiger partial charge in [0.1, 0.15) is 6.04 Å². The molecule has 3 fully saturated rings. The summed E-state index contributed by atoms with van der Waals surface area (Å²) >= 11 is 1.98. The highest BCUT2D eigenvalue weighted by atomic mass is 32.2. The summed E-state index contributed by atoms with van der Waals surface area (Å²) in [5, 5.41) is 9.75. The Bertz CT molecular complexity index is 406. The number of ether oxygens (including phenoxy) is 1. The third kappa shape index (κ3) is 2.97. The lowest BCUT2D eigenvalue weighted by Crippen LogP contribution is -2.60. The molecule has 0 aliphatic carbocycles. The fourth-order valence-corrected chi connectivity index (χ4v) is 5.83. The number of hydrogen-bond acceptors (Lipinski definition) is 4. The van der Waals surface area contributed by atoms with E-state index in [1.807, 2.05) is 11.8 Å². The first-order chi connectivity index (χ1) is 9.94. The van der Waals surface area contributed by atoms with Crippen molar-refractivity contribution in [2.45, 2.75) is 63.6 Å². The Kier molecular flexibility index (Phi) is 4.27. The van der Waals surface area contributed by atoms with Crippen molar-refractivity contribution in [2.75, 3.05) is 24.7 Å². The smallest absolute Gasteiger partial charge is 0.321 e. The van der Waals surface area contributed by atoms with Crippen LogP contribution in [-0.2, 0) is 9.53 Å². The maximum Gasteiger partial charge on any atom is 0.321 e. The summed E-state index contributed by atoms with van der Waals surface area (Å²) in [6, 6.07) is 0.0265. The number of rotatable bonds is 2. The first-order valence-electron chi connectivity index (χ1n) is 8.14. The molecule has 5 heteroatoms. The molecule has 0 aromatic heterocycles. The number of nitrogens with zero attached hydrogens (tertiary/aromatic N) is 1. The monoisotopic (exact) mass is 313 g/mol. The van der Waals surface area contributed by atoms with Crippen LogP contribution < -0.4 is 0 Å². The minimum atomic E-state index is -0.652. The molecule has 3 saturated heterocycles. The average molecular weight is 313 g/mol. The summed E-state index contributed by atoms with van der Waals surface area (Å²) in [6.07, 6.45) is 5.23. The molecule has 0 radical (unpaired) electrons. The largest absolute Gasteiger partial charge is 0.480 e. The Morgan fingerprint density at radius 3 is 2.86 bits per heavy atom. The molecule has 1 N–H and O–H groups in total. The zero-order valence-electron chi connectivity index (χ0n) is 13.1. The first kappa shape index (κ1) is 15.6. The van der Waals surface area contributed by atoms with E-state index in [1.165, 1.54) is 5.75 Å². The average Bonchev–Trinajstić information content (AvgIpc) is 2.85. The molecule has 21 heavy (non-hydrogen) atoms. The second-order valence-electron chi connectivity index (χ2n) is 7.55. The molecule has 3 heterocycles. The van der Waals surface area contributed by atoms with E-state index < -0.39 is 5.97 Å². The van der Waals surface area contributed by atoms with Gasteiger partial charge in [-0.2, -0.15) is 11.8 Å². The number of piperidine rings is 1. The number of carboxylic acid groups (broad SMARTS) is 1.